The predicted octanol–water partition coefficient (Wildman–Crippen LogP) is -0.143. The van der Waals surface area contributed by atoms with Gasteiger partial charge in [0.1, 0.15) is 5.76 Å². The molecule has 0 radical (unpaired) electrons. The van der Waals surface area contributed by atoms with Crippen LogP contribution in [0.3, 0.4) is 0 Å². The van der Waals surface area contributed by atoms with E-state index in [4.69, 9.17) is 4.42 Å². The molecule has 1 aromatic heterocycles. The van der Waals surface area contributed by atoms with Gasteiger partial charge in [0.15, 0.2) is 0 Å². The van der Waals surface area contributed by atoms with Gasteiger partial charge in [-0.3, -0.25) is 4.79 Å². The summed E-state index contributed by atoms with van der Waals surface area (Å²) in [5.74, 6) is 0.348. The van der Waals surface area contributed by atoms with Crippen LogP contribution >= 0.6 is 0 Å². The summed E-state index contributed by atoms with van der Waals surface area (Å²) < 4.78 is 5.03. The molecule has 1 fully saturated rings. The van der Waals surface area contributed by atoms with E-state index >= 15 is 0 Å². The monoisotopic (exact) mass is 223 g/mol. The van der Waals surface area contributed by atoms with Gasteiger partial charge in [-0.1, -0.05) is 0 Å². The highest BCUT2D eigenvalue weighted by atomic mass is 16.3. The summed E-state index contributed by atoms with van der Waals surface area (Å²) in [4.78, 5) is 13.0. The number of hydrogen-bond donors (Lipinski definition) is 2. The van der Waals surface area contributed by atoms with Gasteiger partial charge in [-0.05, 0) is 18.2 Å². The molecule has 2 N–H and O–H groups in total. The number of furan rings is 1. The summed E-state index contributed by atoms with van der Waals surface area (Å²) in [6.45, 7) is 0.338. The fraction of sp³-hybridized carbons (Fsp3) is 0.364. The predicted molar refractivity (Wildman–Crippen MR) is 56.3 cm³/mol. The number of amides is 1. The molecule has 1 saturated heterocycles. The van der Waals surface area contributed by atoms with Crippen LogP contribution in [0.25, 0.3) is 6.08 Å². The van der Waals surface area contributed by atoms with Gasteiger partial charge in [-0.15, -0.1) is 0 Å². The molecule has 0 spiro atoms. The number of carbonyl (C=O) groups is 1. The molecule has 5 heteroatoms. The molecular formula is C11H13NO4. The third-order valence-corrected chi connectivity index (χ3v) is 2.50. The maximum atomic E-state index is 11.6. The average molecular weight is 223 g/mol. The summed E-state index contributed by atoms with van der Waals surface area (Å²) >= 11 is 0. The highest BCUT2D eigenvalue weighted by Gasteiger charge is 2.31. The van der Waals surface area contributed by atoms with Crippen molar-refractivity contribution in [3.63, 3.8) is 0 Å². The lowest BCUT2D eigenvalue weighted by atomic mass is 10.3. The Hall–Kier alpha value is -1.59. The van der Waals surface area contributed by atoms with Crippen LogP contribution in [0.1, 0.15) is 5.76 Å². The van der Waals surface area contributed by atoms with Crippen LogP contribution in [-0.4, -0.2) is 46.3 Å². The minimum atomic E-state index is -0.846. The fourth-order valence-corrected chi connectivity index (χ4v) is 1.59. The average Bonchev–Trinajstić information content (AvgIpc) is 2.86. The van der Waals surface area contributed by atoms with Gasteiger partial charge in [0, 0.05) is 19.2 Å². The van der Waals surface area contributed by atoms with Crippen molar-refractivity contribution in [2.24, 2.45) is 0 Å². The second kappa shape index (κ2) is 4.51. The van der Waals surface area contributed by atoms with Crippen LogP contribution in [0.15, 0.2) is 28.9 Å². The Morgan fingerprint density at radius 3 is 2.69 bits per heavy atom. The van der Waals surface area contributed by atoms with Crippen molar-refractivity contribution in [1.82, 2.24) is 4.90 Å². The van der Waals surface area contributed by atoms with Gasteiger partial charge in [-0.2, -0.15) is 0 Å². The van der Waals surface area contributed by atoms with Crippen molar-refractivity contribution >= 4 is 12.0 Å². The standard InChI is InChI=1S/C11H13NO4/c13-9-6-12(7-10(9)14)11(15)4-3-8-2-1-5-16-8/h1-5,9-10,13-14H,6-7H2/t9-,10+. The molecule has 1 aliphatic heterocycles. The van der Waals surface area contributed by atoms with Crippen molar-refractivity contribution in [1.29, 1.82) is 0 Å². The van der Waals surface area contributed by atoms with E-state index in [0.717, 1.165) is 0 Å². The van der Waals surface area contributed by atoms with E-state index < -0.39 is 12.2 Å². The molecule has 1 aliphatic rings. The van der Waals surface area contributed by atoms with Crippen LogP contribution in [0, 0.1) is 0 Å². The largest absolute Gasteiger partial charge is 0.465 e. The first-order valence-corrected chi connectivity index (χ1v) is 5.03. The van der Waals surface area contributed by atoms with E-state index in [-0.39, 0.29) is 19.0 Å². The van der Waals surface area contributed by atoms with E-state index in [1.807, 2.05) is 0 Å². The van der Waals surface area contributed by atoms with Crippen LogP contribution in [-0.2, 0) is 4.79 Å². The van der Waals surface area contributed by atoms with Crippen molar-refractivity contribution in [2.75, 3.05) is 13.1 Å². The minimum absolute atomic E-state index is 0.169. The summed E-state index contributed by atoms with van der Waals surface area (Å²) in [6.07, 6.45) is 2.75. The first-order valence-electron chi connectivity index (χ1n) is 5.03. The molecular weight excluding hydrogens is 210 g/mol. The topological polar surface area (TPSA) is 73.9 Å². The molecule has 0 unspecified atom stereocenters. The van der Waals surface area contributed by atoms with Crippen molar-refractivity contribution in [3.8, 4) is 0 Å². The summed E-state index contributed by atoms with van der Waals surface area (Å²) in [7, 11) is 0. The van der Waals surface area contributed by atoms with E-state index in [2.05, 4.69) is 0 Å². The Labute approximate surface area is 92.6 Å². The summed E-state index contributed by atoms with van der Waals surface area (Å²) in [6, 6.07) is 3.46. The molecule has 0 bridgehead atoms. The molecule has 2 atom stereocenters. The molecule has 5 nitrogen and oxygen atoms in total. The lowest BCUT2D eigenvalue weighted by Crippen LogP contribution is -2.27. The summed E-state index contributed by atoms with van der Waals surface area (Å²) in [5.41, 5.74) is 0. The maximum Gasteiger partial charge on any atom is 0.246 e. The minimum Gasteiger partial charge on any atom is -0.465 e. The third kappa shape index (κ3) is 2.32. The van der Waals surface area contributed by atoms with Crippen LogP contribution < -0.4 is 0 Å². The number of β-amino-alcohol motifs (C(OH)–C–C–N with tert-alkyl or cyclic N) is 2. The van der Waals surface area contributed by atoms with Crippen LogP contribution in [0.4, 0.5) is 0 Å². The lowest BCUT2D eigenvalue weighted by molar-refractivity contribution is -0.125. The molecule has 86 valence electrons. The van der Waals surface area contributed by atoms with E-state index in [0.29, 0.717) is 5.76 Å². The smallest absolute Gasteiger partial charge is 0.246 e. The van der Waals surface area contributed by atoms with Crippen molar-refractivity contribution < 1.29 is 19.4 Å². The third-order valence-electron chi connectivity index (χ3n) is 2.50. The van der Waals surface area contributed by atoms with E-state index in [9.17, 15) is 15.0 Å². The normalized spacial score (nSPS) is 25.5. The molecule has 2 rings (SSSR count). The Bertz CT molecular complexity index is 375. The van der Waals surface area contributed by atoms with Crippen LogP contribution in [0.5, 0.6) is 0 Å². The molecule has 1 amide bonds. The van der Waals surface area contributed by atoms with Gasteiger partial charge < -0.3 is 19.5 Å². The molecule has 1 aromatic rings. The van der Waals surface area contributed by atoms with Crippen molar-refractivity contribution in [2.45, 2.75) is 12.2 Å². The SMILES string of the molecule is O=C(C=Cc1ccco1)N1C[C@@H](O)[C@@H](O)C1. The fourth-order valence-electron chi connectivity index (χ4n) is 1.59. The van der Waals surface area contributed by atoms with Crippen LogP contribution in [0.2, 0.25) is 0 Å². The van der Waals surface area contributed by atoms with Crippen molar-refractivity contribution in [3.05, 3.63) is 30.2 Å². The number of carbonyl (C=O) groups excluding carboxylic acids is 1. The van der Waals surface area contributed by atoms with E-state index in [1.54, 1.807) is 18.2 Å². The Morgan fingerprint density at radius 2 is 2.12 bits per heavy atom. The molecule has 0 aliphatic carbocycles. The number of aliphatic hydroxyl groups excluding tert-OH is 2. The number of rotatable bonds is 2. The second-order valence-corrected chi connectivity index (χ2v) is 3.73. The maximum absolute atomic E-state index is 11.6. The highest BCUT2D eigenvalue weighted by Crippen LogP contribution is 2.11. The Balaban J connectivity index is 1.94. The number of hydrogen-bond acceptors (Lipinski definition) is 4. The van der Waals surface area contributed by atoms with Gasteiger partial charge >= 0.3 is 0 Å². The zero-order chi connectivity index (χ0) is 11.5. The highest BCUT2D eigenvalue weighted by molar-refractivity contribution is 5.91. The molecule has 0 saturated carbocycles. The first kappa shape index (κ1) is 10.9. The Kier molecular flexibility index (Phi) is 3.07. The quantitative estimate of drug-likeness (QED) is 0.684. The molecule has 0 aromatic carbocycles. The van der Waals surface area contributed by atoms with E-state index in [1.165, 1.54) is 17.2 Å². The number of likely N-dealkylation sites (tertiary alicyclic amines) is 1. The van der Waals surface area contributed by atoms with Gasteiger partial charge in [0.25, 0.3) is 0 Å². The zero-order valence-electron chi connectivity index (χ0n) is 8.61. The number of nitrogens with zero attached hydrogens (tertiary/aromatic N) is 1. The second-order valence-electron chi connectivity index (χ2n) is 3.73. The lowest BCUT2D eigenvalue weighted by Gasteiger charge is -2.11. The first-order chi connectivity index (χ1) is 7.66. The number of aliphatic hydroxyl groups is 2. The zero-order valence-corrected chi connectivity index (χ0v) is 8.61. The Morgan fingerprint density at radius 1 is 1.44 bits per heavy atom. The molecule has 16 heavy (non-hydrogen) atoms. The van der Waals surface area contributed by atoms with Gasteiger partial charge in [0.2, 0.25) is 5.91 Å². The summed E-state index contributed by atoms with van der Waals surface area (Å²) in [5, 5.41) is 18.6. The van der Waals surface area contributed by atoms with Gasteiger partial charge in [0.05, 0.1) is 18.5 Å². The molecule has 2 heterocycles. The van der Waals surface area contributed by atoms with Gasteiger partial charge in [-0.25, -0.2) is 0 Å².